The van der Waals surface area contributed by atoms with Gasteiger partial charge >= 0.3 is 0 Å². The van der Waals surface area contributed by atoms with Crippen LogP contribution in [0.25, 0.3) is 55.6 Å². The summed E-state index contributed by atoms with van der Waals surface area (Å²) >= 11 is 0. The second-order valence-electron chi connectivity index (χ2n) is 15.3. The van der Waals surface area contributed by atoms with Gasteiger partial charge in [-0.25, -0.2) is 0 Å². The Morgan fingerprint density at radius 1 is 0.350 bits per heavy atom. The Morgan fingerprint density at radius 3 is 1.40 bits per heavy atom. The number of fused-ring (bicyclic) bond motifs is 3. The molecule has 0 saturated carbocycles. The molecule has 0 saturated heterocycles. The smallest absolute Gasteiger partial charge is 0.0517 e. The zero-order chi connectivity index (χ0) is 40.3. The van der Waals surface area contributed by atoms with Crippen molar-refractivity contribution in [3.63, 3.8) is 0 Å². The van der Waals surface area contributed by atoms with Crippen molar-refractivity contribution in [1.29, 1.82) is 0 Å². The fourth-order valence-electron chi connectivity index (χ4n) is 8.41. The summed E-state index contributed by atoms with van der Waals surface area (Å²) in [5.74, 6) is 0. The lowest BCUT2D eigenvalue weighted by molar-refractivity contribution is 1.29. The van der Waals surface area contributed by atoms with E-state index in [1.54, 1.807) is 0 Å². The molecule has 60 heavy (non-hydrogen) atoms. The second kappa shape index (κ2) is 16.4. The van der Waals surface area contributed by atoms with E-state index in [9.17, 15) is 0 Å². The first-order chi connectivity index (χ1) is 29.7. The number of nitrogens with zero attached hydrogens (tertiary/aromatic N) is 2. The molecule has 0 aliphatic heterocycles. The van der Waals surface area contributed by atoms with E-state index in [0.717, 1.165) is 34.0 Å². The van der Waals surface area contributed by atoms with Gasteiger partial charge in [0.05, 0.1) is 9.52 Å². The van der Waals surface area contributed by atoms with Crippen LogP contribution in [0.5, 0.6) is 0 Å². The van der Waals surface area contributed by atoms with Crippen LogP contribution in [0.1, 0.15) is 11.1 Å². The Labute approximate surface area is 354 Å². The summed E-state index contributed by atoms with van der Waals surface area (Å²) < 4.78 is 0. The molecule has 0 heterocycles. The van der Waals surface area contributed by atoms with Crippen LogP contribution in [0.15, 0.2) is 224 Å². The summed E-state index contributed by atoms with van der Waals surface area (Å²) in [6.45, 7) is 2.34. The second-order valence-corrected chi connectivity index (χ2v) is 16.8. The highest BCUT2D eigenvalue weighted by Gasteiger charge is 2.16. The minimum absolute atomic E-state index is 0.227. The molecule has 0 fully saturated rings. The first-order valence-corrected chi connectivity index (χ1v) is 22.9. The van der Waals surface area contributed by atoms with Crippen LogP contribution < -0.4 is 15.0 Å². The van der Waals surface area contributed by atoms with E-state index in [0.29, 0.717) is 0 Å². The van der Waals surface area contributed by atoms with E-state index in [1.807, 2.05) is 0 Å². The van der Waals surface area contributed by atoms with Crippen molar-refractivity contribution in [2.45, 2.75) is 6.55 Å². The minimum atomic E-state index is -0.227. The topological polar surface area (TPSA) is 6.48 Å². The van der Waals surface area contributed by atoms with Crippen LogP contribution in [-0.2, 0) is 0 Å². The van der Waals surface area contributed by atoms with Gasteiger partial charge in [0.15, 0.2) is 0 Å². The summed E-state index contributed by atoms with van der Waals surface area (Å²) in [5.41, 5.74) is 11.6. The zero-order valence-corrected chi connectivity index (χ0v) is 35.0. The third kappa shape index (κ3) is 7.39. The average Bonchev–Trinajstić information content (AvgIpc) is 3.32. The summed E-state index contributed by atoms with van der Waals surface area (Å²) in [4.78, 5) is 4.70. The molecule has 0 unspecified atom stereocenters. The van der Waals surface area contributed by atoms with Crippen molar-refractivity contribution in [2.24, 2.45) is 0 Å². The Morgan fingerprint density at radius 2 is 0.817 bits per heavy atom. The van der Waals surface area contributed by atoms with E-state index >= 15 is 0 Å². The number of hydrogen-bond acceptors (Lipinski definition) is 2. The van der Waals surface area contributed by atoms with Gasteiger partial charge in [-0.1, -0.05) is 176 Å². The standard InChI is InChI=1S/C57H44N2Si/c1-60-54-36-34-51(35-37-54)59(53-33-24-43-12-6-8-14-47(43)40-53)50-30-25-45(26-31-50)56-38-27-44(55-17-9-10-18-57(55)56)22-19-41-20-28-49(29-21-41)58(48-15-3-2-4-16-48)52-32-23-42-11-5-7-13-46(42)39-52/h2-40H,60H2,1H3/b22-19+. The van der Waals surface area contributed by atoms with Gasteiger partial charge < -0.3 is 9.80 Å². The highest BCUT2D eigenvalue weighted by Crippen LogP contribution is 2.39. The van der Waals surface area contributed by atoms with Crippen molar-refractivity contribution < 1.29 is 0 Å². The van der Waals surface area contributed by atoms with E-state index in [2.05, 4.69) is 253 Å². The highest BCUT2D eigenvalue weighted by atomic mass is 28.2. The SMILES string of the molecule is C[SiH2]c1ccc(N(c2ccc(-c3ccc(/C=C/c4ccc(N(c5ccccc5)c5ccc6ccccc6c5)cc4)c4ccccc34)cc2)c2ccc3ccccc3c2)cc1. The maximum Gasteiger partial charge on any atom is 0.0517 e. The van der Waals surface area contributed by atoms with Gasteiger partial charge in [-0.2, -0.15) is 0 Å². The molecule has 0 amide bonds. The van der Waals surface area contributed by atoms with E-state index < -0.39 is 0 Å². The van der Waals surface area contributed by atoms with E-state index in [4.69, 9.17) is 0 Å². The van der Waals surface area contributed by atoms with Gasteiger partial charge in [0.2, 0.25) is 0 Å². The van der Waals surface area contributed by atoms with Gasteiger partial charge in [-0.15, -0.1) is 0 Å². The number of benzene rings is 10. The lowest BCUT2D eigenvalue weighted by atomic mass is 9.94. The van der Waals surface area contributed by atoms with Crippen molar-refractivity contribution in [3.8, 4) is 11.1 Å². The molecule has 286 valence electrons. The lowest BCUT2D eigenvalue weighted by Crippen LogP contribution is -2.13. The number of para-hydroxylation sites is 1. The number of hydrogen-bond donors (Lipinski definition) is 0. The van der Waals surface area contributed by atoms with Gasteiger partial charge in [0.1, 0.15) is 0 Å². The van der Waals surface area contributed by atoms with E-state index in [-0.39, 0.29) is 9.52 Å². The fraction of sp³-hybridized carbons (Fsp3) is 0.0175. The maximum absolute atomic E-state index is 2.37. The third-order valence-electron chi connectivity index (χ3n) is 11.6. The van der Waals surface area contributed by atoms with Crippen molar-refractivity contribution in [3.05, 3.63) is 236 Å². The predicted molar refractivity (Wildman–Crippen MR) is 263 cm³/mol. The molecule has 2 nitrogen and oxygen atoms in total. The lowest BCUT2D eigenvalue weighted by Gasteiger charge is -2.26. The monoisotopic (exact) mass is 784 g/mol. The van der Waals surface area contributed by atoms with Crippen LogP contribution in [0.2, 0.25) is 6.55 Å². The third-order valence-corrected chi connectivity index (χ3v) is 12.9. The fourth-order valence-corrected chi connectivity index (χ4v) is 9.12. The van der Waals surface area contributed by atoms with Crippen molar-refractivity contribution in [1.82, 2.24) is 0 Å². The predicted octanol–water partition coefficient (Wildman–Crippen LogP) is 14.8. The summed E-state index contributed by atoms with van der Waals surface area (Å²) in [6, 6.07) is 81.5. The molecule has 0 bridgehead atoms. The van der Waals surface area contributed by atoms with Gasteiger partial charge in [0.25, 0.3) is 0 Å². The van der Waals surface area contributed by atoms with E-state index in [1.165, 1.54) is 59.9 Å². The van der Waals surface area contributed by atoms with Gasteiger partial charge in [0, 0.05) is 34.1 Å². The minimum Gasteiger partial charge on any atom is -0.310 e. The Kier molecular flexibility index (Phi) is 10.1. The quantitative estimate of drug-likeness (QED) is 0.101. The normalized spacial score (nSPS) is 11.6. The molecule has 0 aliphatic carbocycles. The molecule has 0 N–H and O–H groups in total. The summed E-state index contributed by atoms with van der Waals surface area (Å²) in [7, 11) is -0.227. The molecule has 0 aliphatic rings. The molecular formula is C57H44N2Si. The molecule has 10 rings (SSSR count). The molecule has 0 radical (unpaired) electrons. The number of anilines is 6. The molecule has 0 spiro atoms. The Balaban J connectivity index is 0.942. The molecule has 10 aromatic carbocycles. The Bertz CT molecular complexity index is 3120. The first-order valence-electron chi connectivity index (χ1n) is 20.8. The van der Waals surface area contributed by atoms with Gasteiger partial charge in [-0.3, -0.25) is 0 Å². The molecule has 0 aromatic heterocycles. The van der Waals surface area contributed by atoms with Crippen molar-refractivity contribution >= 4 is 93.3 Å². The average molecular weight is 785 g/mol. The van der Waals surface area contributed by atoms with Crippen LogP contribution in [0, 0.1) is 0 Å². The van der Waals surface area contributed by atoms with Gasteiger partial charge in [-0.05, 0) is 127 Å². The van der Waals surface area contributed by atoms with Crippen molar-refractivity contribution in [2.75, 3.05) is 9.80 Å². The maximum atomic E-state index is 2.37. The highest BCUT2D eigenvalue weighted by molar-refractivity contribution is 6.51. The van der Waals surface area contributed by atoms with Crippen LogP contribution in [0.3, 0.4) is 0 Å². The molecule has 10 aromatic rings. The number of rotatable bonds is 10. The summed E-state index contributed by atoms with van der Waals surface area (Å²) in [5, 5.41) is 8.89. The molecule has 3 heteroatoms. The van der Waals surface area contributed by atoms with Crippen LogP contribution >= 0.6 is 0 Å². The Hall–Kier alpha value is -7.46. The summed E-state index contributed by atoms with van der Waals surface area (Å²) in [6.07, 6.45) is 4.47. The first kappa shape index (κ1) is 36.8. The van der Waals surface area contributed by atoms with Crippen LogP contribution in [-0.4, -0.2) is 9.52 Å². The molecular weight excluding hydrogens is 741 g/mol. The molecule has 0 atom stereocenters. The largest absolute Gasteiger partial charge is 0.310 e. The van der Waals surface area contributed by atoms with Crippen LogP contribution in [0.4, 0.5) is 34.1 Å². The zero-order valence-electron chi connectivity index (χ0n) is 33.6.